The fourth-order valence-corrected chi connectivity index (χ4v) is 1.73. The van der Waals surface area contributed by atoms with Crippen LogP contribution in [0.4, 0.5) is 11.4 Å². The van der Waals surface area contributed by atoms with E-state index in [-0.39, 0.29) is 6.42 Å². The highest BCUT2D eigenvalue weighted by Gasteiger charge is 2.03. The molecule has 0 aliphatic rings. The Bertz CT molecular complexity index is 627. The molecule has 2 N–H and O–H groups in total. The molecule has 0 spiro atoms. The number of rotatable bonds is 4. The van der Waals surface area contributed by atoms with Crippen molar-refractivity contribution in [1.82, 2.24) is 0 Å². The predicted molar refractivity (Wildman–Crippen MR) is 72.2 cm³/mol. The van der Waals surface area contributed by atoms with E-state index in [1.165, 1.54) is 0 Å². The second kappa shape index (κ2) is 5.69. The Morgan fingerprint density at radius 3 is 2.47 bits per heavy atom. The first-order valence-electron chi connectivity index (χ1n) is 5.76. The standard InChI is InChI=1S/C15H12N2O2/c16-10-12-3-1-2-4-14(12)17-13-7-5-11(6-8-13)9-15(18)19/h1-8,17H,9H2,(H,18,19). The number of carboxylic acids is 1. The van der Waals surface area contributed by atoms with Crippen molar-refractivity contribution >= 4 is 17.3 Å². The predicted octanol–water partition coefficient (Wildman–Crippen LogP) is 2.93. The van der Waals surface area contributed by atoms with Gasteiger partial charge in [-0.25, -0.2) is 0 Å². The molecule has 2 aromatic carbocycles. The van der Waals surface area contributed by atoms with Crippen molar-refractivity contribution in [2.75, 3.05) is 5.32 Å². The quantitative estimate of drug-likeness (QED) is 0.877. The molecule has 0 bridgehead atoms. The summed E-state index contributed by atoms with van der Waals surface area (Å²) in [5.41, 5.74) is 2.86. The second-order valence-electron chi connectivity index (χ2n) is 4.05. The molecule has 0 aromatic heterocycles. The van der Waals surface area contributed by atoms with Crippen LogP contribution in [0.25, 0.3) is 0 Å². The van der Waals surface area contributed by atoms with Crippen LogP contribution in [-0.4, -0.2) is 11.1 Å². The van der Waals surface area contributed by atoms with Gasteiger partial charge in [0.15, 0.2) is 0 Å². The maximum Gasteiger partial charge on any atom is 0.307 e. The van der Waals surface area contributed by atoms with Gasteiger partial charge in [0.05, 0.1) is 17.7 Å². The summed E-state index contributed by atoms with van der Waals surface area (Å²) in [7, 11) is 0. The van der Waals surface area contributed by atoms with E-state index in [1.54, 1.807) is 36.4 Å². The van der Waals surface area contributed by atoms with Gasteiger partial charge in [0.1, 0.15) is 6.07 Å². The number of carbonyl (C=O) groups is 1. The Morgan fingerprint density at radius 2 is 1.84 bits per heavy atom. The summed E-state index contributed by atoms with van der Waals surface area (Å²) < 4.78 is 0. The van der Waals surface area contributed by atoms with Crippen molar-refractivity contribution < 1.29 is 9.90 Å². The highest BCUT2D eigenvalue weighted by Crippen LogP contribution is 2.20. The van der Waals surface area contributed by atoms with Gasteiger partial charge >= 0.3 is 5.97 Å². The number of nitriles is 1. The molecule has 0 fully saturated rings. The average Bonchev–Trinajstić information content (AvgIpc) is 2.41. The molecule has 4 nitrogen and oxygen atoms in total. The van der Waals surface area contributed by atoms with E-state index < -0.39 is 5.97 Å². The average molecular weight is 252 g/mol. The molecule has 0 saturated carbocycles. The third-order valence-corrected chi connectivity index (χ3v) is 2.64. The summed E-state index contributed by atoms with van der Waals surface area (Å²) in [5.74, 6) is -0.851. The van der Waals surface area contributed by atoms with Gasteiger partial charge in [-0.1, -0.05) is 24.3 Å². The zero-order valence-electron chi connectivity index (χ0n) is 10.1. The zero-order valence-corrected chi connectivity index (χ0v) is 10.1. The van der Waals surface area contributed by atoms with Crippen LogP contribution in [0.3, 0.4) is 0 Å². The summed E-state index contributed by atoms with van der Waals surface area (Å²) in [6.07, 6.45) is 0.00899. The van der Waals surface area contributed by atoms with E-state index >= 15 is 0 Å². The van der Waals surface area contributed by atoms with Crippen LogP contribution in [0, 0.1) is 11.3 Å². The number of hydrogen-bond donors (Lipinski definition) is 2. The maximum atomic E-state index is 10.6. The molecule has 0 saturated heterocycles. The van der Waals surface area contributed by atoms with Gasteiger partial charge in [-0.2, -0.15) is 5.26 Å². The fourth-order valence-electron chi connectivity index (χ4n) is 1.73. The van der Waals surface area contributed by atoms with Crippen molar-refractivity contribution in [3.05, 3.63) is 59.7 Å². The summed E-state index contributed by atoms with van der Waals surface area (Å²) in [6, 6.07) is 16.4. The van der Waals surface area contributed by atoms with Gasteiger partial charge in [-0.3, -0.25) is 4.79 Å². The molecule has 0 radical (unpaired) electrons. The summed E-state index contributed by atoms with van der Waals surface area (Å²) in [5, 5.41) is 20.8. The molecule has 19 heavy (non-hydrogen) atoms. The van der Waals surface area contributed by atoms with Crippen LogP contribution in [0.2, 0.25) is 0 Å². The molecule has 0 aliphatic heterocycles. The molecule has 2 rings (SSSR count). The second-order valence-corrected chi connectivity index (χ2v) is 4.05. The Labute approximate surface area is 110 Å². The van der Waals surface area contributed by atoms with Gasteiger partial charge in [-0.15, -0.1) is 0 Å². The normalized spacial score (nSPS) is 9.63. The van der Waals surface area contributed by atoms with Crippen LogP contribution < -0.4 is 5.32 Å². The number of carboxylic acid groups (broad SMARTS) is 1. The third kappa shape index (κ3) is 3.33. The number of anilines is 2. The minimum Gasteiger partial charge on any atom is -0.481 e. The number of aliphatic carboxylic acids is 1. The number of benzene rings is 2. The van der Waals surface area contributed by atoms with Crippen LogP contribution in [0.5, 0.6) is 0 Å². The molecule has 0 amide bonds. The first kappa shape index (κ1) is 12.7. The SMILES string of the molecule is N#Cc1ccccc1Nc1ccc(CC(=O)O)cc1. The molecule has 94 valence electrons. The molecule has 0 unspecified atom stereocenters. The Hall–Kier alpha value is -2.80. The van der Waals surface area contributed by atoms with Gasteiger partial charge in [0.25, 0.3) is 0 Å². The summed E-state index contributed by atoms with van der Waals surface area (Å²) >= 11 is 0. The van der Waals surface area contributed by atoms with E-state index in [9.17, 15) is 4.79 Å². The Kier molecular flexibility index (Phi) is 3.79. The van der Waals surface area contributed by atoms with E-state index in [0.29, 0.717) is 5.56 Å². The molecule has 4 heteroatoms. The summed E-state index contributed by atoms with van der Waals surface area (Å²) in [4.78, 5) is 10.6. The molecule has 0 atom stereocenters. The topological polar surface area (TPSA) is 73.1 Å². The Balaban J connectivity index is 2.16. The first-order chi connectivity index (χ1) is 9.19. The van der Waals surface area contributed by atoms with Gasteiger partial charge in [-0.05, 0) is 29.8 Å². The summed E-state index contributed by atoms with van der Waals surface area (Å²) in [6.45, 7) is 0. The highest BCUT2D eigenvalue weighted by atomic mass is 16.4. The van der Waals surface area contributed by atoms with Gasteiger partial charge < -0.3 is 10.4 Å². The van der Waals surface area contributed by atoms with E-state index in [2.05, 4.69) is 11.4 Å². The lowest BCUT2D eigenvalue weighted by Gasteiger charge is -2.08. The number of hydrogen-bond acceptors (Lipinski definition) is 3. The minimum atomic E-state index is -0.851. The van der Waals surface area contributed by atoms with Crippen molar-refractivity contribution in [3.63, 3.8) is 0 Å². The largest absolute Gasteiger partial charge is 0.481 e. The van der Waals surface area contributed by atoms with Crippen LogP contribution in [0.1, 0.15) is 11.1 Å². The first-order valence-corrected chi connectivity index (χ1v) is 5.76. The lowest BCUT2D eigenvalue weighted by molar-refractivity contribution is -0.136. The lowest BCUT2D eigenvalue weighted by atomic mass is 10.1. The number of para-hydroxylation sites is 1. The molecular weight excluding hydrogens is 240 g/mol. The van der Waals surface area contributed by atoms with Gasteiger partial charge in [0.2, 0.25) is 0 Å². The van der Waals surface area contributed by atoms with Crippen LogP contribution in [0.15, 0.2) is 48.5 Å². The Morgan fingerprint density at radius 1 is 1.16 bits per heavy atom. The highest BCUT2D eigenvalue weighted by molar-refractivity contribution is 5.71. The van der Waals surface area contributed by atoms with Crippen LogP contribution >= 0.6 is 0 Å². The van der Waals surface area contributed by atoms with Gasteiger partial charge in [0, 0.05) is 5.69 Å². The van der Waals surface area contributed by atoms with Crippen molar-refractivity contribution in [2.24, 2.45) is 0 Å². The van der Waals surface area contributed by atoms with E-state index in [4.69, 9.17) is 10.4 Å². The van der Waals surface area contributed by atoms with E-state index in [0.717, 1.165) is 16.9 Å². The third-order valence-electron chi connectivity index (χ3n) is 2.64. The van der Waals surface area contributed by atoms with Crippen LogP contribution in [-0.2, 0) is 11.2 Å². The van der Waals surface area contributed by atoms with Crippen molar-refractivity contribution in [1.29, 1.82) is 5.26 Å². The number of nitrogens with one attached hydrogen (secondary N) is 1. The smallest absolute Gasteiger partial charge is 0.307 e. The minimum absolute atomic E-state index is 0.00899. The van der Waals surface area contributed by atoms with E-state index in [1.807, 2.05) is 12.1 Å². The molecule has 0 heterocycles. The molecule has 2 aromatic rings. The number of nitrogens with zero attached hydrogens (tertiary/aromatic N) is 1. The maximum absolute atomic E-state index is 10.6. The lowest BCUT2D eigenvalue weighted by Crippen LogP contribution is -2.00. The monoisotopic (exact) mass is 252 g/mol. The van der Waals surface area contributed by atoms with Crippen molar-refractivity contribution in [2.45, 2.75) is 6.42 Å². The molecular formula is C15H12N2O2. The fraction of sp³-hybridized carbons (Fsp3) is 0.0667. The van der Waals surface area contributed by atoms with Crippen molar-refractivity contribution in [3.8, 4) is 6.07 Å². The molecule has 0 aliphatic carbocycles. The zero-order chi connectivity index (χ0) is 13.7.